The maximum atomic E-state index is 2.08. The van der Waals surface area contributed by atoms with Crippen molar-refractivity contribution in [3.05, 3.63) is 29.8 Å². The zero-order chi connectivity index (χ0) is 4.41. The van der Waals surface area contributed by atoms with Crippen molar-refractivity contribution in [2.24, 2.45) is 0 Å². The molecule has 1 aromatic rings. The average molecular weight is 221 g/mol. The first-order chi connectivity index (χ1) is 2.89. The van der Waals surface area contributed by atoms with E-state index in [0.717, 1.165) is 0 Å². The van der Waals surface area contributed by atoms with E-state index >= 15 is 0 Å². The topological polar surface area (TPSA) is 0 Å². The van der Waals surface area contributed by atoms with Gasteiger partial charge in [0.15, 0.2) is 0 Å². The molecule has 0 aliphatic heterocycles. The fraction of sp³-hybridized carbons (Fsp3) is 0.167. The van der Waals surface area contributed by atoms with Crippen molar-refractivity contribution in [1.82, 2.24) is 0 Å². The van der Waals surface area contributed by atoms with Gasteiger partial charge >= 0.3 is 29.6 Å². The Bertz CT molecular complexity index is 112. The Morgan fingerprint density at radius 1 is 1.12 bits per heavy atom. The molecule has 1 rings (SSSR count). The third-order valence-corrected chi connectivity index (χ3v) is 0.829. The van der Waals surface area contributed by atoms with Gasteiger partial charge in [0.2, 0.25) is 0 Å². The van der Waals surface area contributed by atoms with E-state index < -0.39 is 0 Å². The monoisotopic (exact) mass is 222 g/mol. The summed E-state index contributed by atoms with van der Waals surface area (Å²) in [6.45, 7) is 2.08. The molecule has 0 saturated carbocycles. The summed E-state index contributed by atoms with van der Waals surface area (Å²) in [5, 5.41) is 0. The summed E-state index contributed by atoms with van der Waals surface area (Å²) in [6.07, 6.45) is 0. The average Bonchev–Trinajstić information content (AvgIpc) is 1.86. The minimum Gasteiger partial charge on any atom is -0.213 e. The van der Waals surface area contributed by atoms with Gasteiger partial charge in [0.05, 0.1) is 0 Å². The summed E-state index contributed by atoms with van der Waals surface area (Å²) in [7, 11) is 0. The van der Waals surface area contributed by atoms with Gasteiger partial charge in [0.1, 0.15) is 0 Å². The first-order valence-electron chi connectivity index (χ1n) is 2.08. The standard InChI is InChI=1S/C6H7.Na.Sn/c1-6-4-2-3-5-6;;/h2-5H,1H3;;/q-1;+1;. The van der Waals surface area contributed by atoms with Crippen molar-refractivity contribution in [2.75, 3.05) is 0 Å². The summed E-state index contributed by atoms with van der Waals surface area (Å²) in [4.78, 5) is 0. The van der Waals surface area contributed by atoms with Crippen molar-refractivity contribution < 1.29 is 29.6 Å². The molecule has 0 bridgehead atoms. The van der Waals surface area contributed by atoms with Crippen molar-refractivity contribution in [3.63, 3.8) is 0 Å². The van der Waals surface area contributed by atoms with Gasteiger partial charge in [-0.2, -0.15) is 17.7 Å². The Labute approximate surface area is 89.3 Å². The molecule has 0 saturated heterocycles. The van der Waals surface area contributed by atoms with Gasteiger partial charge in [-0.05, 0) is 0 Å². The van der Waals surface area contributed by atoms with Crippen LogP contribution in [0.1, 0.15) is 5.56 Å². The molecule has 0 fully saturated rings. The molecule has 0 aromatic heterocycles. The van der Waals surface area contributed by atoms with E-state index in [1.165, 1.54) is 5.56 Å². The van der Waals surface area contributed by atoms with Gasteiger partial charge in [-0.3, -0.25) is 0 Å². The van der Waals surface area contributed by atoms with E-state index in [2.05, 4.69) is 19.1 Å². The van der Waals surface area contributed by atoms with Gasteiger partial charge in [0.25, 0.3) is 0 Å². The first-order valence-corrected chi connectivity index (χ1v) is 2.08. The molecule has 0 amide bonds. The second-order valence-corrected chi connectivity index (χ2v) is 1.46. The predicted octanol–water partition coefficient (Wildman–Crippen LogP) is -1.66. The van der Waals surface area contributed by atoms with Gasteiger partial charge in [0, 0.05) is 23.9 Å². The molecule has 8 heavy (non-hydrogen) atoms. The van der Waals surface area contributed by atoms with Crippen LogP contribution in [0.5, 0.6) is 0 Å². The van der Waals surface area contributed by atoms with Crippen LogP contribution in [0.25, 0.3) is 0 Å². The molecule has 2 heteroatoms. The molecule has 0 heterocycles. The van der Waals surface area contributed by atoms with Gasteiger partial charge < -0.3 is 0 Å². The Morgan fingerprint density at radius 2 is 1.50 bits per heavy atom. The third-order valence-electron chi connectivity index (χ3n) is 0.829. The van der Waals surface area contributed by atoms with E-state index in [1.54, 1.807) is 0 Å². The van der Waals surface area contributed by atoms with Crippen LogP contribution >= 0.6 is 0 Å². The van der Waals surface area contributed by atoms with E-state index in [1.807, 2.05) is 12.1 Å². The fourth-order valence-corrected chi connectivity index (χ4v) is 0.470. The summed E-state index contributed by atoms with van der Waals surface area (Å²) < 4.78 is 0. The van der Waals surface area contributed by atoms with Crippen LogP contribution in [-0.4, -0.2) is 23.9 Å². The molecule has 0 spiro atoms. The Balaban J connectivity index is 0. The quantitative estimate of drug-likeness (QED) is 0.363. The van der Waals surface area contributed by atoms with E-state index in [9.17, 15) is 0 Å². The van der Waals surface area contributed by atoms with Crippen molar-refractivity contribution in [1.29, 1.82) is 0 Å². The molecule has 36 valence electrons. The molecule has 0 N–H and O–H groups in total. The maximum Gasteiger partial charge on any atom is 1.00 e. The van der Waals surface area contributed by atoms with Crippen LogP contribution in [0, 0.1) is 6.92 Å². The molecular formula is C6H7NaSn. The molecule has 0 aliphatic rings. The summed E-state index contributed by atoms with van der Waals surface area (Å²) >= 11 is 0. The zero-order valence-electron chi connectivity index (χ0n) is 5.31. The van der Waals surface area contributed by atoms with Gasteiger partial charge in [-0.15, -0.1) is 0 Å². The molecule has 1 aromatic carbocycles. The van der Waals surface area contributed by atoms with Crippen LogP contribution in [0.15, 0.2) is 24.3 Å². The summed E-state index contributed by atoms with van der Waals surface area (Å²) in [6, 6.07) is 8.24. The van der Waals surface area contributed by atoms with Crippen LogP contribution < -0.4 is 29.6 Å². The molecule has 0 aliphatic carbocycles. The first kappa shape index (κ1) is 11.9. The zero-order valence-corrected chi connectivity index (χ0v) is 10.2. The second kappa shape index (κ2) is 6.27. The van der Waals surface area contributed by atoms with Crippen LogP contribution in [-0.2, 0) is 0 Å². The molecular weight excluding hydrogens is 214 g/mol. The minimum absolute atomic E-state index is 0. The number of rotatable bonds is 0. The van der Waals surface area contributed by atoms with Crippen LogP contribution in [0.3, 0.4) is 0 Å². The fourth-order valence-electron chi connectivity index (χ4n) is 0.470. The minimum atomic E-state index is 0. The molecule has 0 atom stereocenters. The molecule has 0 unspecified atom stereocenters. The van der Waals surface area contributed by atoms with Gasteiger partial charge in [-0.25, -0.2) is 12.1 Å². The SMILES string of the molecule is C[c-]1cccc1.[Na+].[Sn]. The Hall–Kier alpha value is 1.15. The van der Waals surface area contributed by atoms with E-state index in [4.69, 9.17) is 0 Å². The predicted molar refractivity (Wildman–Crippen MR) is 32.5 cm³/mol. The number of hydrogen-bond donors (Lipinski definition) is 0. The van der Waals surface area contributed by atoms with Crippen LogP contribution in [0.4, 0.5) is 0 Å². The van der Waals surface area contributed by atoms with Crippen LogP contribution in [0.2, 0.25) is 0 Å². The van der Waals surface area contributed by atoms with E-state index in [0.29, 0.717) is 0 Å². The molecule has 0 nitrogen and oxygen atoms in total. The normalized spacial score (nSPS) is 6.62. The number of hydrogen-bond acceptors (Lipinski definition) is 0. The smallest absolute Gasteiger partial charge is 0.213 e. The summed E-state index contributed by atoms with van der Waals surface area (Å²) in [5.41, 5.74) is 1.34. The second-order valence-electron chi connectivity index (χ2n) is 1.46. The number of aryl methyl sites for hydroxylation is 1. The van der Waals surface area contributed by atoms with Crippen molar-refractivity contribution >= 4 is 23.9 Å². The Kier molecular flexibility index (Phi) is 9.32. The van der Waals surface area contributed by atoms with Gasteiger partial charge in [-0.1, -0.05) is 6.92 Å². The largest absolute Gasteiger partial charge is 1.00 e. The van der Waals surface area contributed by atoms with E-state index in [-0.39, 0.29) is 53.5 Å². The maximum absolute atomic E-state index is 2.08. The third kappa shape index (κ3) is 4.07. The van der Waals surface area contributed by atoms with Crippen molar-refractivity contribution in [3.8, 4) is 0 Å². The molecule has 4 radical (unpaired) electrons. The summed E-state index contributed by atoms with van der Waals surface area (Å²) in [5.74, 6) is 0. The Morgan fingerprint density at radius 3 is 1.62 bits per heavy atom. The van der Waals surface area contributed by atoms with Crippen molar-refractivity contribution in [2.45, 2.75) is 6.92 Å².